The van der Waals surface area contributed by atoms with Crippen LogP contribution >= 0.6 is 0 Å². The molecule has 1 aromatic carbocycles. The van der Waals surface area contributed by atoms with Crippen LogP contribution in [-0.4, -0.2) is 56.7 Å². The van der Waals surface area contributed by atoms with Crippen LogP contribution in [-0.2, 0) is 17.6 Å². The van der Waals surface area contributed by atoms with Gasteiger partial charge >= 0.3 is 0 Å². The zero-order chi connectivity index (χ0) is 23.1. The lowest BCUT2D eigenvalue weighted by Gasteiger charge is -2.18. The number of aromatic nitrogens is 2. The van der Waals surface area contributed by atoms with Crippen molar-refractivity contribution in [1.82, 2.24) is 14.7 Å². The van der Waals surface area contributed by atoms with Gasteiger partial charge in [0.25, 0.3) is 17.7 Å². The number of benzene rings is 1. The maximum Gasteiger partial charge on any atom is 0.269 e. The number of carbonyl (C=O) groups is 2. The number of carbonyl (C=O) groups excluding carboxylic acids is 2. The molecule has 2 heterocycles. The first-order chi connectivity index (χ1) is 15.0. The number of likely N-dealkylation sites (tertiary alicyclic amines) is 1. The number of hydrogen-bond donors (Lipinski definition) is 2. The number of likely N-dealkylation sites (N-methyl/N-ethyl adjacent to an activating group) is 1. The summed E-state index contributed by atoms with van der Waals surface area (Å²) in [7, 11) is 1.61. The van der Waals surface area contributed by atoms with Gasteiger partial charge in [0.15, 0.2) is 5.69 Å². The van der Waals surface area contributed by atoms with Crippen molar-refractivity contribution < 1.29 is 23.5 Å². The monoisotopic (exact) mass is 440 g/mol. The summed E-state index contributed by atoms with van der Waals surface area (Å²) >= 11 is 0. The molecule has 3 unspecified atom stereocenters. The summed E-state index contributed by atoms with van der Waals surface area (Å²) in [6.45, 7) is 1.98. The van der Waals surface area contributed by atoms with Crippen LogP contribution in [0.5, 0.6) is 0 Å². The Morgan fingerprint density at radius 3 is 2.78 bits per heavy atom. The van der Waals surface area contributed by atoms with Crippen LogP contribution in [0.15, 0.2) is 24.3 Å². The van der Waals surface area contributed by atoms with E-state index >= 15 is 0 Å². The molecule has 1 aliphatic heterocycles. The van der Waals surface area contributed by atoms with Crippen LogP contribution < -0.4 is 5.73 Å². The van der Waals surface area contributed by atoms with Gasteiger partial charge in [-0.15, -0.1) is 0 Å². The standard InChI is InChI=1S/C23H22F2N4O3/c1-21-12-16-15(11-17(21)23(21,24)25)18(19(26)30)27-29(16)14-5-3-4-13(10-14)6-7-22(32)8-9-28(2)20(22)31/h3-5,10,17,32H,8-9,11-12H2,1-2H3,(H2,26,30). The molecule has 1 aromatic heterocycles. The zero-order valence-electron chi connectivity index (χ0n) is 17.7. The summed E-state index contributed by atoms with van der Waals surface area (Å²) in [4.78, 5) is 25.5. The number of hydrogen-bond acceptors (Lipinski definition) is 4. The van der Waals surface area contributed by atoms with Crippen LogP contribution in [0.3, 0.4) is 0 Å². The quantitative estimate of drug-likeness (QED) is 0.687. The maximum atomic E-state index is 14.4. The SMILES string of the molecule is CN1CCC(O)(C#Cc2cccc(-n3nc(C(N)=O)c4c3CC3(C)C(C4)C3(F)F)c2)C1=O. The van der Waals surface area contributed by atoms with Gasteiger partial charge in [-0.2, -0.15) is 5.10 Å². The smallest absolute Gasteiger partial charge is 0.269 e. The fraction of sp³-hybridized carbons (Fsp3) is 0.435. The van der Waals surface area contributed by atoms with Crippen molar-refractivity contribution in [3.8, 4) is 17.5 Å². The van der Waals surface area contributed by atoms with E-state index < -0.39 is 34.7 Å². The van der Waals surface area contributed by atoms with E-state index in [0.717, 1.165) is 0 Å². The van der Waals surface area contributed by atoms with Gasteiger partial charge in [0.1, 0.15) is 0 Å². The Labute approximate surface area is 183 Å². The first-order valence-electron chi connectivity index (χ1n) is 10.4. The maximum absolute atomic E-state index is 14.4. The van der Waals surface area contributed by atoms with E-state index in [0.29, 0.717) is 29.1 Å². The molecular formula is C23H22F2N4O3. The third kappa shape index (κ3) is 2.72. The van der Waals surface area contributed by atoms with E-state index in [1.807, 2.05) is 0 Å². The van der Waals surface area contributed by atoms with Crippen molar-refractivity contribution in [2.45, 2.75) is 37.7 Å². The molecule has 2 aliphatic carbocycles. The summed E-state index contributed by atoms with van der Waals surface area (Å²) < 4.78 is 30.3. The third-order valence-corrected chi connectivity index (χ3v) is 7.16. The average Bonchev–Trinajstić information content (AvgIpc) is 3.02. The van der Waals surface area contributed by atoms with Crippen LogP contribution in [0.4, 0.5) is 8.78 Å². The van der Waals surface area contributed by atoms with E-state index in [9.17, 15) is 23.5 Å². The lowest BCUT2D eigenvalue weighted by atomic mass is 9.87. The molecule has 3 atom stereocenters. The number of nitrogens with zero attached hydrogens (tertiary/aromatic N) is 3. The molecule has 3 aliphatic rings. The zero-order valence-corrected chi connectivity index (χ0v) is 17.7. The Morgan fingerprint density at radius 2 is 2.12 bits per heavy atom. The molecule has 7 nitrogen and oxygen atoms in total. The Morgan fingerprint density at radius 1 is 1.38 bits per heavy atom. The molecule has 2 aromatic rings. The van der Waals surface area contributed by atoms with Crippen molar-refractivity contribution in [1.29, 1.82) is 0 Å². The number of fused-ring (bicyclic) bond motifs is 2. The number of primary amides is 1. The minimum atomic E-state index is -2.80. The first kappa shape index (κ1) is 20.6. The molecule has 1 saturated carbocycles. The van der Waals surface area contributed by atoms with E-state index in [1.165, 1.54) is 9.58 Å². The van der Waals surface area contributed by atoms with Gasteiger partial charge in [-0.25, -0.2) is 13.5 Å². The summed E-state index contributed by atoms with van der Waals surface area (Å²) in [5, 5.41) is 14.9. The van der Waals surface area contributed by atoms with Gasteiger partial charge in [-0.3, -0.25) is 9.59 Å². The normalized spacial score (nSPS) is 29.7. The van der Waals surface area contributed by atoms with E-state index in [2.05, 4.69) is 16.9 Å². The number of halogens is 2. The van der Waals surface area contributed by atoms with Crippen molar-refractivity contribution in [2.75, 3.05) is 13.6 Å². The largest absolute Gasteiger partial charge is 0.369 e. The number of alkyl halides is 2. The topological polar surface area (TPSA) is 101 Å². The summed E-state index contributed by atoms with van der Waals surface area (Å²) in [5.74, 6) is 0.681. The molecule has 0 spiro atoms. The van der Waals surface area contributed by atoms with Crippen molar-refractivity contribution in [3.05, 3.63) is 46.8 Å². The van der Waals surface area contributed by atoms with Crippen LogP contribution in [0.25, 0.3) is 5.69 Å². The average molecular weight is 440 g/mol. The summed E-state index contributed by atoms with van der Waals surface area (Å²) in [6, 6.07) is 6.83. The lowest BCUT2D eigenvalue weighted by molar-refractivity contribution is -0.137. The minimum absolute atomic E-state index is 0.00939. The van der Waals surface area contributed by atoms with E-state index in [1.54, 1.807) is 38.2 Å². The second kappa shape index (κ2) is 6.39. The summed E-state index contributed by atoms with van der Waals surface area (Å²) in [6.07, 6.45) is 0.355. The van der Waals surface area contributed by atoms with Gasteiger partial charge in [0, 0.05) is 54.6 Å². The van der Waals surface area contributed by atoms with Gasteiger partial charge in [0.05, 0.1) is 5.69 Å². The Balaban J connectivity index is 1.54. The molecule has 9 heteroatoms. The molecule has 32 heavy (non-hydrogen) atoms. The molecule has 5 rings (SSSR count). The van der Waals surface area contributed by atoms with Gasteiger partial charge in [-0.1, -0.05) is 24.8 Å². The summed E-state index contributed by atoms with van der Waals surface area (Å²) in [5.41, 5.74) is 4.68. The number of aliphatic hydroxyl groups is 1. The number of nitrogens with two attached hydrogens (primary N) is 1. The van der Waals surface area contributed by atoms with Gasteiger partial charge in [0.2, 0.25) is 5.60 Å². The highest BCUT2D eigenvalue weighted by atomic mass is 19.3. The first-order valence-corrected chi connectivity index (χ1v) is 10.4. The fourth-order valence-electron chi connectivity index (χ4n) is 4.97. The molecule has 3 N–H and O–H groups in total. The Hall–Kier alpha value is -3.25. The fourth-order valence-corrected chi connectivity index (χ4v) is 4.97. The molecule has 0 bridgehead atoms. The Bertz CT molecular complexity index is 1240. The number of amides is 2. The Kier molecular flexibility index (Phi) is 4.12. The highest BCUT2D eigenvalue weighted by molar-refractivity contribution is 5.93. The molecular weight excluding hydrogens is 418 g/mol. The second-order valence-corrected chi connectivity index (χ2v) is 9.16. The highest BCUT2D eigenvalue weighted by Crippen LogP contribution is 2.70. The molecule has 166 valence electrons. The molecule has 0 radical (unpaired) electrons. The van der Waals surface area contributed by atoms with Gasteiger partial charge in [-0.05, 0) is 24.6 Å². The second-order valence-electron chi connectivity index (χ2n) is 9.16. The van der Waals surface area contributed by atoms with Gasteiger partial charge < -0.3 is 15.7 Å². The van der Waals surface area contributed by atoms with Crippen LogP contribution in [0.2, 0.25) is 0 Å². The minimum Gasteiger partial charge on any atom is -0.369 e. The van der Waals surface area contributed by atoms with Crippen molar-refractivity contribution >= 4 is 11.8 Å². The predicted molar refractivity (Wildman–Crippen MR) is 110 cm³/mol. The highest BCUT2D eigenvalue weighted by Gasteiger charge is 2.78. The van der Waals surface area contributed by atoms with Crippen LogP contribution in [0.1, 0.15) is 40.7 Å². The van der Waals surface area contributed by atoms with Crippen molar-refractivity contribution in [2.24, 2.45) is 17.1 Å². The van der Waals surface area contributed by atoms with E-state index in [-0.39, 0.29) is 25.0 Å². The third-order valence-electron chi connectivity index (χ3n) is 7.16. The predicted octanol–water partition coefficient (Wildman–Crippen LogP) is 1.29. The van der Waals surface area contributed by atoms with Crippen molar-refractivity contribution in [3.63, 3.8) is 0 Å². The molecule has 1 saturated heterocycles. The molecule has 2 fully saturated rings. The lowest BCUT2D eigenvalue weighted by Crippen LogP contribution is -2.37. The van der Waals surface area contributed by atoms with Crippen LogP contribution in [0, 0.1) is 23.2 Å². The van der Waals surface area contributed by atoms with E-state index in [4.69, 9.17) is 5.73 Å². The number of rotatable bonds is 2. The molecule has 2 amide bonds.